The van der Waals surface area contributed by atoms with Crippen LogP contribution in [-0.4, -0.2) is 12.5 Å². The van der Waals surface area contributed by atoms with Crippen molar-refractivity contribution in [3.63, 3.8) is 0 Å². The van der Waals surface area contributed by atoms with E-state index in [1.807, 2.05) is 61.5 Å². The minimum atomic E-state index is -0.485. The van der Waals surface area contributed by atoms with Crippen LogP contribution in [0.5, 0.6) is 5.75 Å². The average molecular weight is 468 g/mol. The summed E-state index contributed by atoms with van der Waals surface area (Å²) in [6, 6.07) is 20.3. The summed E-state index contributed by atoms with van der Waals surface area (Å²) in [4.78, 5) is 12.8. The highest BCUT2D eigenvalue weighted by atomic mass is 35.5. The van der Waals surface area contributed by atoms with E-state index in [4.69, 9.17) is 20.8 Å². The molecule has 0 saturated heterocycles. The van der Waals surface area contributed by atoms with Crippen LogP contribution in [0, 0.1) is 11.3 Å². The van der Waals surface area contributed by atoms with Gasteiger partial charge in [-0.1, -0.05) is 23.7 Å². The van der Waals surface area contributed by atoms with Crippen molar-refractivity contribution in [1.82, 2.24) is 5.32 Å². The summed E-state index contributed by atoms with van der Waals surface area (Å²) >= 11 is 7.33. The predicted octanol–water partition coefficient (Wildman–Crippen LogP) is 5.73. The topological polar surface area (TPSA) is 87.3 Å². The van der Waals surface area contributed by atoms with Crippen molar-refractivity contribution in [2.45, 2.75) is 19.2 Å². The molecule has 3 rings (SSSR count). The minimum absolute atomic E-state index is 0.00981. The Morgan fingerprint density at radius 2 is 1.91 bits per heavy atom. The Morgan fingerprint density at radius 3 is 2.53 bits per heavy atom. The van der Waals surface area contributed by atoms with E-state index in [-0.39, 0.29) is 12.1 Å². The third kappa shape index (κ3) is 6.84. The molecule has 3 aromatic rings. The SMILES string of the molecule is CCOc1ccc(NC(SCc2ccc(Cl)cc2)=C(C#N)C(=O)NCc2ccco2)cc1. The maximum Gasteiger partial charge on any atom is 0.265 e. The normalized spacial score (nSPS) is 11.3. The van der Waals surface area contributed by atoms with Crippen molar-refractivity contribution >= 4 is 35.0 Å². The molecule has 6 nitrogen and oxygen atoms in total. The van der Waals surface area contributed by atoms with Crippen LogP contribution in [0.25, 0.3) is 0 Å². The third-order valence-corrected chi connectivity index (χ3v) is 5.61. The first-order chi connectivity index (χ1) is 15.6. The molecule has 2 aromatic carbocycles. The molecule has 32 heavy (non-hydrogen) atoms. The number of thioether (sulfide) groups is 1. The number of nitrogens with one attached hydrogen (secondary N) is 2. The van der Waals surface area contributed by atoms with E-state index >= 15 is 0 Å². The van der Waals surface area contributed by atoms with Gasteiger partial charge < -0.3 is 19.8 Å². The molecule has 0 atom stereocenters. The van der Waals surface area contributed by atoms with Gasteiger partial charge in [0.2, 0.25) is 0 Å². The molecule has 0 aliphatic heterocycles. The van der Waals surface area contributed by atoms with Gasteiger partial charge >= 0.3 is 0 Å². The number of nitrogens with zero attached hydrogens (tertiary/aromatic N) is 1. The quantitative estimate of drug-likeness (QED) is 0.292. The molecule has 0 spiro atoms. The summed E-state index contributed by atoms with van der Waals surface area (Å²) < 4.78 is 10.7. The number of rotatable bonds is 10. The van der Waals surface area contributed by atoms with Crippen molar-refractivity contribution in [2.24, 2.45) is 0 Å². The lowest BCUT2D eigenvalue weighted by atomic mass is 10.2. The number of carbonyl (C=O) groups excluding carboxylic acids is 1. The number of amides is 1. The molecule has 0 aliphatic carbocycles. The lowest BCUT2D eigenvalue weighted by molar-refractivity contribution is -0.117. The molecule has 0 aliphatic rings. The predicted molar refractivity (Wildman–Crippen MR) is 127 cm³/mol. The van der Waals surface area contributed by atoms with Crippen molar-refractivity contribution in [2.75, 3.05) is 11.9 Å². The summed E-state index contributed by atoms with van der Waals surface area (Å²) in [5.41, 5.74) is 1.74. The number of furan rings is 1. The second kappa shape index (κ2) is 11.9. The Balaban J connectivity index is 1.81. The number of ether oxygens (including phenoxy) is 1. The van der Waals surface area contributed by atoms with Gasteiger partial charge in [0.1, 0.15) is 23.2 Å². The monoisotopic (exact) mass is 467 g/mol. The second-order valence-corrected chi connectivity index (χ2v) is 8.00. The fourth-order valence-electron chi connectivity index (χ4n) is 2.71. The summed E-state index contributed by atoms with van der Waals surface area (Å²) in [6.07, 6.45) is 1.53. The Kier molecular flexibility index (Phi) is 8.67. The molecule has 8 heteroatoms. The van der Waals surface area contributed by atoms with Crippen LogP contribution >= 0.6 is 23.4 Å². The summed E-state index contributed by atoms with van der Waals surface area (Å²) in [5, 5.41) is 16.8. The zero-order chi connectivity index (χ0) is 22.8. The first-order valence-electron chi connectivity index (χ1n) is 9.91. The smallest absolute Gasteiger partial charge is 0.265 e. The number of halogens is 1. The second-order valence-electron chi connectivity index (χ2n) is 6.58. The molecule has 0 fully saturated rings. The van der Waals surface area contributed by atoms with Crippen LogP contribution in [0.2, 0.25) is 5.02 Å². The molecule has 0 saturated carbocycles. The number of hydrogen-bond donors (Lipinski definition) is 2. The van der Waals surface area contributed by atoms with E-state index in [1.165, 1.54) is 18.0 Å². The van der Waals surface area contributed by atoms with Gasteiger partial charge in [-0.25, -0.2) is 0 Å². The van der Waals surface area contributed by atoms with E-state index < -0.39 is 5.91 Å². The lowest BCUT2D eigenvalue weighted by Gasteiger charge is -2.14. The average Bonchev–Trinajstić information content (AvgIpc) is 3.32. The van der Waals surface area contributed by atoms with Gasteiger partial charge in [-0.3, -0.25) is 4.79 Å². The minimum Gasteiger partial charge on any atom is -0.494 e. The maximum atomic E-state index is 12.8. The largest absolute Gasteiger partial charge is 0.494 e. The first-order valence-corrected chi connectivity index (χ1v) is 11.3. The fourth-order valence-corrected chi connectivity index (χ4v) is 3.81. The Labute approximate surface area is 196 Å². The molecule has 0 unspecified atom stereocenters. The van der Waals surface area contributed by atoms with E-state index in [2.05, 4.69) is 10.6 Å². The van der Waals surface area contributed by atoms with Gasteiger partial charge in [-0.15, -0.1) is 11.8 Å². The number of hydrogen-bond acceptors (Lipinski definition) is 6. The number of nitriles is 1. The number of anilines is 1. The third-order valence-electron chi connectivity index (χ3n) is 4.29. The Morgan fingerprint density at radius 1 is 1.16 bits per heavy atom. The van der Waals surface area contributed by atoms with E-state index in [9.17, 15) is 10.1 Å². The van der Waals surface area contributed by atoms with Crippen LogP contribution in [-0.2, 0) is 17.1 Å². The molecule has 1 amide bonds. The fraction of sp³-hybridized carbons (Fsp3) is 0.167. The highest BCUT2D eigenvalue weighted by Crippen LogP contribution is 2.28. The maximum absolute atomic E-state index is 12.8. The molecule has 0 radical (unpaired) electrons. The van der Waals surface area contributed by atoms with Gasteiger partial charge in [-0.05, 0) is 61.0 Å². The molecular weight excluding hydrogens is 446 g/mol. The van der Waals surface area contributed by atoms with Gasteiger partial charge in [-0.2, -0.15) is 5.26 Å². The van der Waals surface area contributed by atoms with Gasteiger partial charge in [0.05, 0.1) is 24.4 Å². The molecule has 164 valence electrons. The van der Waals surface area contributed by atoms with Crippen molar-refractivity contribution < 1.29 is 13.9 Å². The van der Waals surface area contributed by atoms with Gasteiger partial charge in [0, 0.05) is 16.5 Å². The molecular formula is C24H22ClN3O3S. The van der Waals surface area contributed by atoms with Crippen molar-refractivity contribution in [3.8, 4) is 11.8 Å². The molecule has 2 N–H and O–H groups in total. The number of benzene rings is 2. The van der Waals surface area contributed by atoms with Crippen LogP contribution < -0.4 is 15.4 Å². The Hall–Kier alpha value is -3.34. The molecule has 1 heterocycles. The zero-order valence-corrected chi connectivity index (χ0v) is 19.0. The van der Waals surface area contributed by atoms with Crippen molar-refractivity contribution in [3.05, 3.63) is 93.9 Å². The van der Waals surface area contributed by atoms with Gasteiger partial charge in [0.15, 0.2) is 0 Å². The van der Waals surface area contributed by atoms with E-state index in [0.29, 0.717) is 28.2 Å². The summed E-state index contributed by atoms with van der Waals surface area (Å²) in [6.45, 7) is 2.68. The highest BCUT2D eigenvalue weighted by Gasteiger charge is 2.17. The van der Waals surface area contributed by atoms with E-state index in [1.54, 1.807) is 12.1 Å². The zero-order valence-electron chi connectivity index (χ0n) is 17.4. The summed E-state index contributed by atoms with van der Waals surface area (Å²) in [7, 11) is 0. The van der Waals surface area contributed by atoms with Crippen LogP contribution in [0.3, 0.4) is 0 Å². The lowest BCUT2D eigenvalue weighted by Crippen LogP contribution is -2.25. The van der Waals surface area contributed by atoms with Gasteiger partial charge in [0.25, 0.3) is 5.91 Å². The standard InChI is InChI=1S/C24H22ClN3O3S/c1-2-30-20-11-9-19(10-12-20)28-24(32-16-17-5-7-18(25)8-6-17)22(14-26)23(29)27-15-21-4-3-13-31-21/h3-13,28H,2,15-16H2,1H3,(H,27,29). The molecule has 0 bridgehead atoms. The van der Waals surface area contributed by atoms with Crippen LogP contribution in [0.4, 0.5) is 5.69 Å². The van der Waals surface area contributed by atoms with Crippen LogP contribution in [0.15, 0.2) is 81.9 Å². The molecule has 1 aromatic heterocycles. The summed E-state index contributed by atoms with van der Waals surface area (Å²) in [5.74, 6) is 1.41. The first kappa shape index (κ1) is 23.3. The number of carbonyl (C=O) groups is 1. The van der Waals surface area contributed by atoms with E-state index in [0.717, 1.165) is 17.0 Å². The highest BCUT2D eigenvalue weighted by molar-refractivity contribution is 8.02. The van der Waals surface area contributed by atoms with Crippen LogP contribution in [0.1, 0.15) is 18.2 Å². The van der Waals surface area contributed by atoms with Crippen molar-refractivity contribution in [1.29, 1.82) is 5.26 Å². The Bertz CT molecular complexity index is 1090.